The summed E-state index contributed by atoms with van der Waals surface area (Å²) in [5.74, 6) is -0.702. The lowest BCUT2D eigenvalue weighted by molar-refractivity contribution is -0.142. The number of pyridine rings is 1. The molecule has 1 heterocycles. The smallest absolute Gasteiger partial charge is 0.319 e. The Hall–Kier alpha value is -1.49. The van der Waals surface area contributed by atoms with Gasteiger partial charge in [-0.05, 0) is 18.6 Å². The maximum atomic E-state index is 12.7. The molecule has 0 fully saturated rings. The largest absolute Gasteiger partial charge is 0.465 e. The molecule has 15 heavy (non-hydrogen) atoms. The molecule has 1 aromatic heterocycles. The van der Waals surface area contributed by atoms with Crippen LogP contribution in [0.5, 0.6) is 0 Å². The first-order valence-corrected chi connectivity index (χ1v) is 4.68. The first-order chi connectivity index (χ1) is 7.22. The van der Waals surface area contributed by atoms with E-state index in [0.717, 1.165) is 6.20 Å². The number of nitrogens with zero attached hydrogens (tertiary/aromatic N) is 1. The lowest BCUT2D eigenvalue weighted by Gasteiger charge is -2.04. The molecule has 1 rings (SSSR count). The lowest BCUT2D eigenvalue weighted by Crippen LogP contribution is -2.24. The van der Waals surface area contributed by atoms with Gasteiger partial charge in [-0.1, -0.05) is 0 Å². The van der Waals surface area contributed by atoms with Gasteiger partial charge in [0.15, 0.2) is 0 Å². The maximum absolute atomic E-state index is 12.7. The third-order valence-corrected chi connectivity index (χ3v) is 1.67. The minimum absolute atomic E-state index is 0.115. The van der Waals surface area contributed by atoms with E-state index in [-0.39, 0.29) is 18.3 Å². The van der Waals surface area contributed by atoms with Crippen molar-refractivity contribution in [2.45, 2.75) is 13.5 Å². The number of esters is 1. The van der Waals surface area contributed by atoms with Crippen LogP contribution in [0.15, 0.2) is 18.5 Å². The van der Waals surface area contributed by atoms with Crippen LogP contribution >= 0.6 is 0 Å². The fourth-order valence-corrected chi connectivity index (χ4v) is 1.07. The summed E-state index contributed by atoms with van der Waals surface area (Å²) in [5.41, 5.74) is 0.694. The maximum Gasteiger partial charge on any atom is 0.319 e. The van der Waals surface area contributed by atoms with Crippen molar-refractivity contribution in [2.75, 3.05) is 13.2 Å². The van der Waals surface area contributed by atoms with E-state index in [0.29, 0.717) is 18.7 Å². The summed E-state index contributed by atoms with van der Waals surface area (Å²) in [6.45, 7) is 2.62. The third kappa shape index (κ3) is 4.51. The number of ether oxygens (including phenoxy) is 1. The second-order valence-electron chi connectivity index (χ2n) is 2.92. The Morgan fingerprint density at radius 2 is 2.40 bits per heavy atom. The van der Waals surface area contributed by atoms with Crippen molar-refractivity contribution in [1.82, 2.24) is 10.3 Å². The highest BCUT2D eigenvalue weighted by atomic mass is 19.1. The zero-order valence-corrected chi connectivity index (χ0v) is 8.50. The van der Waals surface area contributed by atoms with Gasteiger partial charge in [-0.25, -0.2) is 4.39 Å². The summed E-state index contributed by atoms with van der Waals surface area (Å²) in [4.78, 5) is 14.6. The van der Waals surface area contributed by atoms with Gasteiger partial charge in [-0.15, -0.1) is 0 Å². The average Bonchev–Trinajstić information content (AvgIpc) is 2.18. The van der Waals surface area contributed by atoms with E-state index < -0.39 is 0 Å². The van der Waals surface area contributed by atoms with Crippen molar-refractivity contribution in [1.29, 1.82) is 0 Å². The van der Waals surface area contributed by atoms with E-state index >= 15 is 0 Å². The molecule has 5 heteroatoms. The molecule has 0 radical (unpaired) electrons. The molecule has 4 nitrogen and oxygen atoms in total. The topological polar surface area (TPSA) is 51.2 Å². The molecule has 0 saturated heterocycles. The van der Waals surface area contributed by atoms with Crippen LogP contribution in [0.2, 0.25) is 0 Å². The molecule has 0 spiro atoms. The Morgan fingerprint density at radius 1 is 1.60 bits per heavy atom. The van der Waals surface area contributed by atoms with E-state index in [4.69, 9.17) is 4.74 Å². The van der Waals surface area contributed by atoms with Crippen molar-refractivity contribution in [3.63, 3.8) is 0 Å². The van der Waals surface area contributed by atoms with Crippen LogP contribution in [0, 0.1) is 5.82 Å². The van der Waals surface area contributed by atoms with E-state index in [9.17, 15) is 9.18 Å². The molecule has 1 aromatic rings. The summed E-state index contributed by atoms with van der Waals surface area (Å²) < 4.78 is 17.4. The summed E-state index contributed by atoms with van der Waals surface area (Å²) in [6, 6.07) is 1.37. The Balaban J connectivity index is 2.28. The third-order valence-electron chi connectivity index (χ3n) is 1.67. The highest BCUT2D eigenvalue weighted by Crippen LogP contribution is 1.99. The van der Waals surface area contributed by atoms with Gasteiger partial charge in [0.25, 0.3) is 0 Å². The van der Waals surface area contributed by atoms with Crippen LogP contribution in [-0.4, -0.2) is 24.1 Å². The average molecular weight is 212 g/mol. The van der Waals surface area contributed by atoms with Gasteiger partial charge in [0, 0.05) is 12.7 Å². The van der Waals surface area contributed by atoms with Gasteiger partial charge in [0.1, 0.15) is 5.82 Å². The highest BCUT2D eigenvalue weighted by Gasteiger charge is 2.01. The molecule has 0 aromatic carbocycles. The second-order valence-corrected chi connectivity index (χ2v) is 2.92. The summed E-state index contributed by atoms with van der Waals surface area (Å²) in [6.07, 6.45) is 2.68. The first-order valence-electron chi connectivity index (χ1n) is 4.68. The van der Waals surface area contributed by atoms with Crippen LogP contribution in [0.25, 0.3) is 0 Å². The number of rotatable bonds is 5. The van der Waals surface area contributed by atoms with Gasteiger partial charge < -0.3 is 10.1 Å². The molecule has 0 unspecified atom stereocenters. The quantitative estimate of drug-likeness (QED) is 0.736. The molecular formula is C10H13FN2O2. The van der Waals surface area contributed by atoms with Crippen LogP contribution in [0.3, 0.4) is 0 Å². The number of carbonyl (C=O) groups excluding carboxylic acids is 1. The molecule has 0 amide bonds. The number of halogens is 1. The number of aromatic nitrogens is 1. The van der Waals surface area contributed by atoms with E-state index in [1.54, 1.807) is 13.1 Å². The van der Waals surface area contributed by atoms with Crippen LogP contribution in [-0.2, 0) is 16.1 Å². The molecule has 1 N–H and O–H groups in total. The number of hydrogen-bond acceptors (Lipinski definition) is 4. The first kappa shape index (κ1) is 11.6. The molecule has 0 saturated carbocycles. The fourth-order valence-electron chi connectivity index (χ4n) is 1.07. The molecule has 0 bridgehead atoms. The monoisotopic (exact) mass is 212 g/mol. The summed E-state index contributed by atoms with van der Waals surface area (Å²) >= 11 is 0. The molecule has 0 aliphatic rings. The van der Waals surface area contributed by atoms with Crippen molar-refractivity contribution >= 4 is 5.97 Å². The lowest BCUT2D eigenvalue weighted by atomic mass is 10.3. The number of nitrogens with one attached hydrogen (secondary N) is 1. The molecular weight excluding hydrogens is 199 g/mol. The number of carbonyl (C=O) groups is 1. The zero-order valence-electron chi connectivity index (χ0n) is 8.50. The van der Waals surface area contributed by atoms with Crippen LogP contribution in [0.4, 0.5) is 4.39 Å². The Morgan fingerprint density at radius 3 is 3.07 bits per heavy atom. The highest BCUT2D eigenvalue weighted by molar-refractivity contribution is 5.71. The fraction of sp³-hybridized carbons (Fsp3) is 0.400. The van der Waals surface area contributed by atoms with Crippen molar-refractivity contribution in [3.8, 4) is 0 Å². The Bertz CT molecular complexity index is 331. The summed E-state index contributed by atoms with van der Waals surface area (Å²) in [7, 11) is 0. The second kappa shape index (κ2) is 6.08. The Kier molecular flexibility index (Phi) is 4.70. The SMILES string of the molecule is CCOC(=O)CNCc1cncc(F)c1. The number of hydrogen-bond donors (Lipinski definition) is 1. The van der Waals surface area contributed by atoms with Gasteiger partial charge >= 0.3 is 5.97 Å². The Labute approximate surface area is 87.5 Å². The summed E-state index contributed by atoms with van der Waals surface area (Å²) in [5, 5.41) is 2.83. The van der Waals surface area contributed by atoms with Crippen LogP contribution in [0.1, 0.15) is 12.5 Å². The van der Waals surface area contributed by atoms with Crippen molar-refractivity contribution in [2.24, 2.45) is 0 Å². The van der Waals surface area contributed by atoms with Gasteiger partial charge in [-0.3, -0.25) is 9.78 Å². The standard InChI is InChI=1S/C10H13FN2O2/c1-2-15-10(14)7-13-5-8-3-9(11)6-12-4-8/h3-4,6,13H,2,5,7H2,1H3. The predicted octanol–water partition coefficient (Wildman–Crippen LogP) is 0.873. The minimum atomic E-state index is -0.384. The predicted molar refractivity (Wildman–Crippen MR) is 52.5 cm³/mol. The minimum Gasteiger partial charge on any atom is -0.465 e. The zero-order chi connectivity index (χ0) is 11.1. The molecule has 0 aliphatic carbocycles. The molecule has 0 atom stereocenters. The molecule has 0 aliphatic heterocycles. The van der Waals surface area contributed by atoms with Crippen molar-refractivity contribution < 1.29 is 13.9 Å². The molecule has 82 valence electrons. The van der Waals surface area contributed by atoms with Gasteiger partial charge in [0.05, 0.1) is 19.3 Å². The van der Waals surface area contributed by atoms with E-state index in [2.05, 4.69) is 10.3 Å². The van der Waals surface area contributed by atoms with Gasteiger partial charge in [0.2, 0.25) is 0 Å². The van der Waals surface area contributed by atoms with Gasteiger partial charge in [-0.2, -0.15) is 0 Å². The van der Waals surface area contributed by atoms with E-state index in [1.165, 1.54) is 6.07 Å². The van der Waals surface area contributed by atoms with E-state index in [1.807, 2.05) is 0 Å². The van der Waals surface area contributed by atoms with Crippen LogP contribution < -0.4 is 5.32 Å². The van der Waals surface area contributed by atoms with Crippen molar-refractivity contribution in [3.05, 3.63) is 29.8 Å². The normalized spacial score (nSPS) is 10.0.